The molecule has 2 aromatic heterocycles. The number of amidine groups is 1. The molecule has 0 atom stereocenters. The van der Waals surface area contributed by atoms with Crippen LogP contribution in [0.4, 0.5) is 4.39 Å². The molecule has 0 radical (unpaired) electrons. The molecule has 158 valence electrons. The number of nitrogens with zero attached hydrogens (tertiary/aromatic N) is 5. The van der Waals surface area contributed by atoms with Crippen LogP contribution in [0.3, 0.4) is 0 Å². The molecule has 0 bridgehead atoms. The van der Waals surface area contributed by atoms with Gasteiger partial charge in [0.1, 0.15) is 5.82 Å². The summed E-state index contributed by atoms with van der Waals surface area (Å²) in [6.07, 6.45) is 0. The van der Waals surface area contributed by atoms with Crippen molar-refractivity contribution in [2.45, 2.75) is 5.03 Å². The number of amides is 1. The maximum Gasteiger partial charge on any atom is 0.446 e. The first-order valence-corrected chi connectivity index (χ1v) is 9.35. The van der Waals surface area contributed by atoms with Gasteiger partial charge in [0.05, 0.1) is 10.7 Å². The minimum atomic E-state index is -0.846. The van der Waals surface area contributed by atoms with Crippen molar-refractivity contribution in [2.75, 3.05) is 12.3 Å². The van der Waals surface area contributed by atoms with Gasteiger partial charge >= 0.3 is 5.76 Å². The summed E-state index contributed by atoms with van der Waals surface area (Å²) in [6.45, 7) is 0.190. The number of thioether (sulfide) groups is 1. The normalized spacial score (nSPS) is 11.5. The van der Waals surface area contributed by atoms with Crippen LogP contribution in [-0.2, 0) is 4.79 Å². The smallest absolute Gasteiger partial charge is 0.348 e. The van der Waals surface area contributed by atoms with Crippen LogP contribution in [-0.4, -0.2) is 44.1 Å². The summed E-state index contributed by atoms with van der Waals surface area (Å²) in [5.74, 6) is 8.08. The third-order valence-electron chi connectivity index (χ3n) is 3.54. The van der Waals surface area contributed by atoms with E-state index in [1.807, 2.05) is 0 Å². The Balaban J connectivity index is 1.77. The van der Waals surface area contributed by atoms with E-state index in [2.05, 4.69) is 31.3 Å². The molecule has 30 heavy (non-hydrogen) atoms. The molecule has 3 rings (SSSR count). The number of nitrogens with two attached hydrogens (primary N) is 2. The highest BCUT2D eigenvalue weighted by Gasteiger charge is 2.23. The summed E-state index contributed by atoms with van der Waals surface area (Å²) < 4.78 is 23.9. The molecular formula is C14H13ClFN9O4S. The van der Waals surface area contributed by atoms with Gasteiger partial charge in [-0.2, -0.15) is 5.10 Å². The predicted molar refractivity (Wildman–Crippen MR) is 103 cm³/mol. The summed E-state index contributed by atoms with van der Waals surface area (Å²) in [7, 11) is 0. The molecule has 3 aromatic rings. The van der Waals surface area contributed by atoms with E-state index in [0.717, 1.165) is 22.4 Å². The first kappa shape index (κ1) is 21.3. The minimum Gasteiger partial charge on any atom is -0.348 e. The van der Waals surface area contributed by atoms with Crippen LogP contribution in [0.2, 0.25) is 5.02 Å². The van der Waals surface area contributed by atoms with E-state index in [0.29, 0.717) is 5.75 Å². The average molecular weight is 458 g/mol. The molecule has 0 aliphatic heterocycles. The van der Waals surface area contributed by atoms with E-state index < -0.39 is 17.5 Å². The van der Waals surface area contributed by atoms with E-state index >= 15 is 0 Å². The Kier molecular flexibility index (Phi) is 6.65. The number of hydrogen-bond acceptors (Lipinski definition) is 11. The number of carbonyl (C=O) groups excluding carboxylic acids is 1. The van der Waals surface area contributed by atoms with Gasteiger partial charge in [-0.15, -0.1) is 0 Å². The van der Waals surface area contributed by atoms with Crippen LogP contribution >= 0.6 is 23.4 Å². The number of hydrogen-bond donors (Lipinski definition) is 4. The summed E-state index contributed by atoms with van der Waals surface area (Å²) in [6, 6.07) is 3.65. The lowest BCUT2D eigenvalue weighted by Crippen LogP contribution is -2.44. The average Bonchev–Trinajstić information content (AvgIpc) is 3.34. The van der Waals surface area contributed by atoms with Crippen molar-refractivity contribution in [2.24, 2.45) is 16.8 Å². The Morgan fingerprint density at radius 3 is 2.87 bits per heavy atom. The number of carbonyl (C=O) groups is 1. The molecule has 0 saturated carbocycles. The first-order valence-electron chi connectivity index (χ1n) is 7.98. The van der Waals surface area contributed by atoms with Gasteiger partial charge in [0.2, 0.25) is 11.7 Å². The van der Waals surface area contributed by atoms with Crippen molar-refractivity contribution in [3.8, 4) is 17.2 Å². The Labute approximate surface area is 175 Å². The fraction of sp³-hybridized carbons (Fsp3) is 0.143. The summed E-state index contributed by atoms with van der Waals surface area (Å²) in [5.41, 5.74) is 2.36. The van der Waals surface area contributed by atoms with Crippen molar-refractivity contribution in [1.82, 2.24) is 30.8 Å². The molecule has 0 fully saturated rings. The summed E-state index contributed by atoms with van der Waals surface area (Å²) in [5, 5.41) is 17.0. The van der Waals surface area contributed by atoms with E-state index in [-0.39, 0.29) is 39.6 Å². The fourth-order valence-electron chi connectivity index (χ4n) is 2.22. The van der Waals surface area contributed by atoms with Gasteiger partial charge in [0, 0.05) is 12.3 Å². The van der Waals surface area contributed by atoms with Gasteiger partial charge in [0.25, 0.3) is 5.91 Å². The van der Waals surface area contributed by atoms with Crippen LogP contribution in [0.1, 0.15) is 0 Å². The largest absolute Gasteiger partial charge is 0.446 e. The number of hydrazine groups is 1. The molecule has 6 N–H and O–H groups in total. The van der Waals surface area contributed by atoms with E-state index in [1.165, 1.54) is 12.1 Å². The highest BCUT2D eigenvalue weighted by atomic mass is 35.5. The van der Waals surface area contributed by atoms with Gasteiger partial charge in [-0.1, -0.05) is 28.5 Å². The Morgan fingerprint density at radius 1 is 1.37 bits per heavy atom. The number of rotatable bonds is 6. The second kappa shape index (κ2) is 9.38. The van der Waals surface area contributed by atoms with Crippen molar-refractivity contribution in [3.63, 3.8) is 0 Å². The van der Waals surface area contributed by atoms with Crippen molar-refractivity contribution in [3.05, 3.63) is 39.6 Å². The zero-order valence-electron chi connectivity index (χ0n) is 14.8. The molecule has 13 nitrogen and oxygen atoms in total. The number of nitrogens with one attached hydrogen (secondary N) is 2. The lowest BCUT2D eigenvalue weighted by atomic mass is 10.3. The van der Waals surface area contributed by atoms with E-state index in [4.69, 9.17) is 32.4 Å². The van der Waals surface area contributed by atoms with Crippen LogP contribution in [0, 0.1) is 5.82 Å². The third-order valence-corrected chi connectivity index (χ3v) is 4.78. The molecule has 1 aromatic carbocycles. The van der Waals surface area contributed by atoms with Gasteiger partial charge in [-0.3, -0.25) is 9.32 Å². The molecule has 0 aliphatic carbocycles. The SMILES string of the molecule is N/N=C(\NN)C(=O)NCCSc1nonc1-c1noc(=O)n1-c1ccc(F)c(Cl)c1. The van der Waals surface area contributed by atoms with Crippen molar-refractivity contribution < 1.29 is 18.3 Å². The lowest BCUT2D eigenvalue weighted by Gasteiger charge is -2.06. The van der Waals surface area contributed by atoms with Gasteiger partial charge < -0.3 is 16.6 Å². The highest BCUT2D eigenvalue weighted by molar-refractivity contribution is 7.99. The maximum atomic E-state index is 13.4. The zero-order valence-corrected chi connectivity index (χ0v) is 16.4. The zero-order chi connectivity index (χ0) is 21.7. The first-order chi connectivity index (χ1) is 14.5. The number of halogens is 2. The predicted octanol–water partition coefficient (Wildman–Crippen LogP) is -0.388. The monoisotopic (exact) mass is 457 g/mol. The van der Waals surface area contributed by atoms with Crippen LogP contribution < -0.4 is 28.2 Å². The molecule has 16 heteroatoms. The molecule has 2 heterocycles. The van der Waals surface area contributed by atoms with E-state index in [1.54, 1.807) is 0 Å². The quantitative estimate of drug-likeness (QED) is 0.0940. The van der Waals surface area contributed by atoms with Gasteiger partial charge in [0.15, 0.2) is 10.7 Å². The molecule has 0 spiro atoms. The number of aromatic nitrogens is 4. The van der Waals surface area contributed by atoms with E-state index in [9.17, 15) is 14.0 Å². The minimum absolute atomic E-state index is 0.0275. The molecule has 0 saturated heterocycles. The van der Waals surface area contributed by atoms with Crippen molar-refractivity contribution in [1.29, 1.82) is 0 Å². The fourth-order valence-corrected chi connectivity index (χ4v) is 3.14. The second-order valence-corrected chi connectivity index (χ2v) is 6.84. The molecular weight excluding hydrogens is 445 g/mol. The maximum absolute atomic E-state index is 13.4. The lowest BCUT2D eigenvalue weighted by molar-refractivity contribution is -0.114. The summed E-state index contributed by atoms with van der Waals surface area (Å²) in [4.78, 5) is 23.8. The Morgan fingerprint density at radius 2 is 2.17 bits per heavy atom. The topological polar surface area (TPSA) is 192 Å². The van der Waals surface area contributed by atoms with Gasteiger partial charge in [-0.25, -0.2) is 24.2 Å². The Hall–Kier alpha value is -3.43. The molecule has 0 aliphatic rings. The summed E-state index contributed by atoms with van der Waals surface area (Å²) >= 11 is 6.94. The third kappa shape index (κ3) is 4.42. The standard InChI is InChI=1S/C14H13ClFN9O4S/c15-7-5-6(1-2-8(7)16)25-11(23-28-14(25)27)9-13(24-29-22-9)30-4-3-19-12(26)10(20-17)21-18/h1-2,5H,3-4,17-18H2,(H,19,26)(H,20,21). The molecule has 0 unspecified atom stereocenters. The molecule has 1 amide bonds. The number of hydrazone groups is 1. The van der Waals surface area contributed by atoms with Crippen LogP contribution in [0.5, 0.6) is 0 Å². The number of benzene rings is 1. The second-order valence-electron chi connectivity index (χ2n) is 5.35. The van der Waals surface area contributed by atoms with Crippen molar-refractivity contribution >= 4 is 35.1 Å². The Bertz CT molecular complexity index is 1140. The highest BCUT2D eigenvalue weighted by Crippen LogP contribution is 2.28. The van der Waals surface area contributed by atoms with Crippen LogP contribution in [0.25, 0.3) is 17.2 Å². The van der Waals surface area contributed by atoms with Crippen LogP contribution in [0.15, 0.2) is 42.3 Å². The van der Waals surface area contributed by atoms with Gasteiger partial charge in [-0.05, 0) is 28.5 Å².